The number of amides is 1. The van der Waals surface area contributed by atoms with Gasteiger partial charge in [0.2, 0.25) is 5.91 Å². The smallest absolute Gasteiger partial charge is 0.387 e. The molecule has 0 aliphatic heterocycles. The second kappa shape index (κ2) is 52.3. The van der Waals surface area contributed by atoms with E-state index in [-0.39, 0.29) is 19.1 Å². The minimum atomic E-state index is -4.34. The fourth-order valence-corrected chi connectivity index (χ4v) is 8.76. The fraction of sp³-hybridized carbons (Fsp3) is 0.726. The van der Waals surface area contributed by atoms with Crippen molar-refractivity contribution in [2.75, 3.05) is 40.9 Å². The third-order valence-electron chi connectivity index (χ3n) is 12.6. The van der Waals surface area contributed by atoms with Gasteiger partial charge in [0.1, 0.15) is 13.2 Å². The van der Waals surface area contributed by atoms with Crippen molar-refractivity contribution in [1.29, 1.82) is 0 Å². The van der Waals surface area contributed by atoms with E-state index < -0.39 is 20.0 Å². The van der Waals surface area contributed by atoms with Gasteiger partial charge in [0.15, 0.2) is 0 Å². The molecule has 0 aromatic heterocycles. The molecule has 0 fully saturated rings. The number of nitrogens with zero attached hydrogens (tertiary/aromatic N) is 1. The van der Waals surface area contributed by atoms with E-state index >= 15 is 0 Å². The van der Waals surface area contributed by atoms with E-state index in [1.54, 1.807) is 6.08 Å². The number of carbonyl (C=O) groups is 1. The van der Waals surface area contributed by atoms with Crippen molar-refractivity contribution < 1.29 is 32.9 Å². The third-order valence-corrected chi connectivity index (χ3v) is 13.5. The molecule has 0 aliphatic carbocycles. The van der Waals surface area contributed by atoms with Gasteiger partial charge in [-0.15, -0.1) is 0 Å². The molecular weight excluding hydrogens is 900 g/mol. The Balaban J connectivity index is 4.02. The lowest BCUT2D eigenvalue weighted by Gasteiger charge is -2.25. The Morgan fingerprint density at radius 1 is 0.493 bits per heavy atom. The summed E-state index contributed by atoms with van der Waals surface area (Å²) in [6.07, 6.45) is 75.2. The zero-order valence-corrected chi connectivity index (χ0v) is 47.6. The largest absolute Gasteiger partial charge is 0.472 e. The van der Waals surface area contributed by atoms with Gasteiger partial charge in [-0.2, -0.15) is 0 Å². The summed E-state index contributed by atoms with van der Waals surface area (Å²) >= 11 is 0. The van der Waals surface area contributed by atoms with E-state index in [0.29, 0.717) is 17.4 Å². The van der Waals surface area contributed by atoms with Gasteiger partial charge < -0.3 is 19.8 Å². The van der Waals surface area contributed by atoms with Crippen LogP contribution in [0.1, 0.15) is 239 Å². The molecule has 0 aromatic carbocycles. The summed E-state index contributed by atoms with van der Waals surface area (Å²) in [5, 5.41) is 13.9. The van der Waals surface area contributed by atoms with Crippen molar-refractivity contribution in [3.05, 3.63) is 97.2 Å². The van der Waals surface area contributed by atoms with Gasteiger partial charge in [0, 0.05) is 6.42 Å². The molecule has 1 amide bonds. The van der Waals surface area contributed by atoms with Gasteiger partial charge in [-0.05, 0) is 77.0 Å². The molecule has 0 bridgehead atoms. The minimum absolute atomic E-state index is 0.0588. The van der Waals surface area contributed by atoms with Crippen LogP contribution in [-0.4, -0.2) is 73.4 Å². The van der Waals surface area contributed by atoms with Gasteiger partial charge in [-0.3, -0.25) is 13.8 Å². The van der Waals surface area contributed by atoms with Crippen molar-refractivity contribution in [1.82, 2.24) is 5.32 Å². The van der Waals surface area contributed by atoms with Crippen LogP contribution in [0.2, 0.25) is 0 Å². The minimum Gasteiger partial charge on any atom is -0.387 e. The fourth-order valence-electron chi connectivity index (χ4n) is 8.02. The maximum absolute atomic E-state index is 12.9. The molecule has 71 heavy (non-hydrogen) atoms. The van der Waals surface area contributed by atoms with Gasteiger partial charge in [-0.25, -0.2) is 4.57 Å². The first-order valence-electron chi connectivity index (χ1n) is 29.1. The Morgan fingerprint density at radius 3 is 1.24 bits per heavy atom. The first-order chi connectivity index (χ1) is 34.5. The first kappa shape index (κ1) is 68.4. The summed E-state index contributed by atoms with van der Waals surface area (Å²) in [5.41, 5.74) is 0. The average Bonchev–Trinajstić information content (AvgIpc) is 3.33. The van der Waals surface area contributed by atoms with E-state index in [0.717, 1.165) is 83.5 Å². The van der Waals surface area contributed by atoms with Crippen molar-refractivity contribution >= 4 is 13.7 Å². The summed E-state index contributed by atoms with van der Waals surface area (Å²) in [4.78, 5) is 23.2. The number of rotatable bonds is 52. The standard InChI is InChI=1S/C62H111N2O6P/c1-6-8-10-12-14-16-18-20-21-22-23-24-25-26-27-28-29-30-31-32-33-34-35-36-37-38-39-40-41-42-43-44-46-48-50-52-54-56-62(66)63-60(59-70-71(67,68)69-58-57-64(3,4)5)61(65)55-53-51-49-47-45-19-17-15-13-11-9-7-2/h8,10,14,16,20-21,23-24,26-27,29-30,32-33,53,55,60-61,65H,6-7,9,11-13,15,17-19,22,25,28,31,34-52,54,56-59H2,1-5H3,(H-,63,66,67,68)/p+1/b10-8-,16-14-,21-20-,24-23-,27-26-,30-29-,33-32-,55-53+. The van der Waals surface area contributed by atoms with Crippen LogP contribution in [0.4, 0.5) is 0 Å². The Morgan fingerprint density at radius 2 is 0.845 bits per heavy atom. The van der Waals surface area contributed by atoms with E-state index in [2.05, 4.69) is 104 Å². The second-order valence-electron chi connectivity index (χ2n) is 20.6. The molecule has 0 rings (SSSR count). The van der Waals surface area contributed by atoms with Crippen molar-refractivity contribution in [2.45, 2.75) is 251 Å². The molecule has 8 nitrogen and oxygen atoms in total. The predicted molar refractivity (Wildman–Crippen MR) is 309 cm³/mol. The average molecular weight is 1010 g/mol. The quantitative estimate of drug-likeness (QED) is 0.0243. The number of allylic oxidation sites excluding steroid dienone is 15. The molecule has 0 heterocycles. The predicted octanol–water partition coefficient (Wildman–Crippen LogP) is 17.8. The molecular formula is C62H112N2O6P+. The van der Waals surface area contributed by atoms with E-state index in [1.807, 2.05) is 27.2 Å². The number of likely N-dealkylation sites (N-methyl/N-ethyl adjacent to an activating group) is 1. The lowest BCUT2D eigenvalue weighted by molar-refractivity contribution is -0.870. The normalized spacial score (nSPS) is 14.6. The number of aliphatic hydroxyl groups excluding tert-OH is 1. The zero-order chi connectivity index (χ0) is 52.0. The Labute approximate surface area is 439 Å². The number of carbonyl (C=O) groups excluding carboxylic acids is 1. The Hall–Kier alpha value is -2.58. The number of phosphoric ester groups is 1. The van der Waals surface area contributed by atoms with Gasteiger partial charge in [-0.1, -0.05) is 252 Å². The maximum atomic E-state index is 12.9. The highest BCUT2D eigenvalue weighted by Gasteiger charge is 2.27. The lowest BCUT2D eigenvalue weighted by Crippen LogP contribution is -2.45. The number of phosphoric acid groups is 1. The molecule has 0 aromatic rings. The zero-order valence-electron chi connectivity index (χ0n) is 46.7. The summed E-state index contributed by atoms with van der Waals surface area (Å²) < 4.78 is 23.6. The van der Waals surface area contributed by atoms with Crippen molar-refractivity contribution in [3.63, 3.8) is 0 Å². The van der Waals surface area contributed by atoms with Crippen molar-refractivity contribution in [2.24, 2.45) is 0 Å². The Bertz CT molecular complexity index is 1470. The molecule has 410 valence electrons. The monoisotopic (exact) mass is 1010 g/mol. The molecule has 0 radical (unpaired) electrons. The van der Waals surface area contributed by atoms with E-state index in [4.69, 9.17) is 9.05 Å². The number of nitrogens with one attached hydrogen (secondary N) is 1. The molecule has 3 N–H and O–H groups in total. The molecule has 3 unspecified atom stereocenters. The molecule has 0 spiro atoms. The highest BCUT2D eigenvalue weighted by molar-refractivity contribution is 7.47. The molecule has 9 heteroatoms. The first-order valence-corrected chi connectivity index (χ1v) is 30.6. The van der Waals surface area contributed by atoms with Crippen LogP contribution in [0, 0.1) is 0 Å². The maximum Gasteiger partial charge on any atom is 0.472 e. The van der Waals surface area contributed by atoms with E-state index in [1.165, 1.54) is 135 Å². The molecule has 3 atom stereocenters. The van der Waals surface area contributed by atoms with E-state index in [9.17, 15) is 19.4 Å². The Kier molecular flexibility index (Phi) is 50.4. The number of aliphatic hydroxyl groups is 1. The summed E-state index contributed by atoms with van der Waals surface area (Å²) in [5.74, 6) is -0.181. The van der Waals surface area contributed by atoms with Crippen LogP contribution in [0.3, 0.4) is 0 Å². The number of hydrogen-bond acceptors (Lipinski definition) is 5. The van der Waals surface area contributed by atoms with Crippen LogP contribution in [0.25, 0.3) is 0 Å². The van der Waals surface area contributed by atoms with Crippen molar-refractivity contribution in [3.8, 4) is 0 Å². The SMILES string of the molecule is CC/C=C\C/C=C\C/C=C\C/C=C\C/C=C\C/C=C\C/C=C\CCCCCCCCCCCCCCCCCC(=O)NC(COP(=O)(O)OCC[N+](C)(C)C)C(O)/C=C/CCCCCCCCCCCC. The topological polar surface area (TPSA) is 105 Å². The van der Waals surface area contributed by atoms with Crippen LogP contribution < -0.4 is 5.32 Å². The number of unbranched alkanes of at least 4 members (excludes halogenated alkanes) is 25. The number of quaternary nitrogens is 1. The lowest BCUT2D eigenvalue weighted by atomic mass is 10.0. The van der Waals surface area contributed by atoms with Gasteiger partial charge >= 0.3 is 7.82 Å². The van der Waals surface area contributed by atoms with Crippen LogP contribution in [0.5, 0.6) is 0 Å². The molecule has 0 aliphatic rings. The summed E-state index contributed by atoms with van der Waals surface area (Å²) in [6.45, 7) is 4.69. The molecule has 0 saturated carbocycles. The highest BCUT2D eigenvalue weighted by atomic mass is 31.2. The van der Waals surface area contributed by atoms with Crippen LogP contribution in [-0.2, 0) is 18.4 Å². The third kappa shape index (κ3) is 55.0. The van der Waals surface area contributed by atoms with Crippen LogP contribution in [0.15, 0.2) is 97.2 Å². The van der Waals surface area contributed by atoms with Gasteiger partial charge in [0.25, 0.3) is 0 Å². The molecule has 0 saturated heterocycles. The van der Waals surface area contributed by atoms with Gasteiger partial charge in [0.05, 0.1) is 39.9 Å². The second-order valence-corrected chi connectivity index (χ2v) is 22.1. The van der Waals surface area contributed by atoms with Crippen LogP contribution >= 0.6 is 7.82 Å². The highest BCUT2D eigenvalue weighted by Crippen LogP contribution is 2.43. The summed E-state index contributed by atoms with van der Waals surface area (Å²) in [7, 11) is 1.57. The summed E-state index contributed by atoms with van der Waals surface area (Å²) in [6, 6.07) is -0.849. The number of hydrogen-bond donors (Lipinski definition) is 3.